The minimum atomic E-state index is -0.137. The first-order valence-corrected chi connectivity index (χ1v) is 13.1. The van der Waals surface area contributed by atoms with E-state index in [9.17, 15) is 5.11 Å². The molecule has 0 spiro atoms. The maximum absolute atomic E-state index is 9.79. The number of aromatic nitrogens is 7. The van der Waals surface area contributed by atoms with Crippen molar-refractivity contribution in [2.75, 3.05) is 33.4 Å². The Bertz CT molecular complexity index is 1510. The fraction of sp³-hybridized carbons (Fsp3) is 0.444. The van der Waals surface area contributed by atoms with Crippen LogP contribution in [0.1, 0.15) is 36.5 Å². The quantitative estimate of drug-likeness (QED) is 0.362. The zero-order valence-corrected chi connectivity index (χ0v) is 23.0. The molecule has 2 bridgehead atoms. The molecule has 0 aromatic carbocycles. The summed E-state index contributed by atoms with van der Waals surface area (Å²) in [5, 5.41) is 27.7. The van der Waals surface area contributed by atoms with E-state index >= 15 is 0 Å². The van der Waals surface area contributed by atoms with Crippen molar-refractivity contribution < 1.29 is 14.6 Å². The molecule has 1 aliphatic rings. The summed E-state index contributed by atoms with van der Waals surface area (Å²) >= 11 is 0. The van der Waals surface area contributed by atoms with Gasteiger partial charge in [-0.3, -0.25) is 24.7 Å². The second-order valence-corrected chi connectivity index (χ2v) is 9.57. The number of nitrogens with zero attached hydrogens (tertiary/aromatic N) is 8. The van der Waals surface area contributed by atoms with Crippen molar-refractivity contribution in [3.05, 3.63) is 34.9 Å². The van der Waals surface area contributed by atoms with Crippen molar-refractivity contribution in [3.8, 4) is 23.0 Å². The minimum absolute atomic E-state index is 0.0400. The third-order valence-corrected chi connectivity index (χ3v) is 6.81. The van der Waals surface area contributed by atoms with Crippen LogP contribution in [0.2, 0.25) is 0 Å². The first kappa shape index (κ1) is 26.6. The molecule has 0 fully saturated rings. The molecule has 0 radical (unpaired) electrons. The Labute approximate surface area is 227 Å². The van der Waals surface area contributed by atoms with Crippen molar-refractivity contribution in [1.29, 1.82) is 0 Å². The number of hydrogen-bond donors (Lipinski definition) is 2. The molecule has 0 unspecified atom stereocenters. The molecular formula is C27H35N9O3. The molecule has 0 saturated carbocycles. The fourth-order valence-electron chi connectivity index (χ4n) is 4.94. The largest absolute Gasteiger partial charge is 0.473 e. The van der Waals surface area contributed by atoms with Gasteiger partial charge in [-0.2, -0.15) is 10.2 Å². The molecular weight excluding hydrogens is 498 g/mol. The standard InChI is InChI=1S/C27H35N9O3/c1-6-35-15-17(2)39-27-25(18(3)32-34(27)5)22-13-20-21(30-31-23(20)14-29-22)8-7-19-24(16-35)36(10-11-37)33-26(19)38-12-9-28-4/h7-9,13-14,17,37H,6,10-12,15-16H2,1-5H3,(H,30,31)/b8-7+,28-9?/t17-/m0/s1. The van der Waals surface area contributed by atoms with E-state index in [1.807, 2.05) is 36.9 Å². The number of fused-ring (bicyclic) bond motifs is 4. The molecule has 12 heteroatoms. The summed E-state index contributed by atoms with van der Waals surface area (Å²) in [4.78, 5) is 11.0. The number of aromatic amines is 1. The highest BCUT2D eigenvalue weighted by atomic mass is 16.5. The van der Waals surface area contributed by atoms with Gasteiger partial charge in [-0.15, -0.1) is 5.10 Å². The van der Waals surface area contributed by atoms with Gasteiger partial charge in [0.2, 0.25) is 11.8 Å². The molecule has 12 nitrogen and oxygen atoms in total. The summed E-state index contributed by atoms with van der Waals surface area (Å²) < 4.78 is 16.1. The zero-order chi connectivity index (χ0) is 27.5. The number of aliphatic hydroxyl groups is 1. The van der Waals surface area contributed by atoms with Crippen LogP contribution in [-0.2, 0) is 20.1 Å². The van der Waals surface area contributed by atoms with Crippen molar-refractivity contribution in [1.82, 2.24) is 39.6 Å². The SMILES string of the molecule is CCN1Cc2c(c(OCC=NC)nn2CCO)/C=C/c2n[nH]c3cnc(cc23)-c2c(C)nn(C)c2O[C@@H](C)C1. The maximum atomic E-state index is 9.79. The summed E-state index contributed by atoms with van der Waals surface area (Å²) in [5.74, 6) is 1.16. The zero-order valence-electron chi connectivity index (χ0n) is 23.0. The van der Waals surface area contributed by atoms with Gasteiger partial charge < -0.3 is 14.6 Å². The lowest BCUT2D eigenvalue weighted by atomic mass is 10.1. The third-order valence-electron chi connectivity index (χ3n) is 6.81. The highest BCUT2D eigenvalue weighted by molar-refractivity contribution is 5.92. The van der Waals surface area contributed by atoms with Gasteiger partial charge in [-0.05, 0) is 38.6 Å². The molecule has 5 heterocycles. The second-order valence-electron chi connectivity index (χ2n) is 9.57. The van der Waals surface area contributed by atoms with E-state index in [1.165, 1.54) is 0 Å². The van der Waals surface area contributed by atoms with Crippen LogP contribution in [-0.4, -0.2) is 90.4 Å². The van der Waals surface area contributed by atoms with Crippen LogP contribution in [0.15, 0.2) is 17.3 Å². The van der Waals surface area contributed by atoms with Crippen molar-refractivity contribution in [3.63, 3.8) is 0 Å². The van der Waals surface area contributed by atoms with Crippen LogP contribution >= 0.6 is 0 Å². The molecule has 5 rings (SSSR count). The summed E-state index contributed by atoms with van der Waals surface area (Å²) in [5.41, 5.74) is 5.84. The summed E-state index contributed by atoms with van der Waals surface area (Å²) in [6.07, 6.45) is 7.28. The Kier molecular flexibility index (Phi) is 7.75. The van der Waals surface area contributed by atoms with Crippen molar-refractivity contribution in [2.45, 2.75) is 40.0 Å². The van der Waals surface area contributed by atoms with Crippen LogP contribution in [0.4, 0.5) is 0 Å². The van der Waals surface area contributed by atoms with E-state index in [-0.39, 0.29) is 12.7 Å². The average Bonchev–Trinajstić information content (AvgIpc) is 3.55. The topological polar surface area (TPSA) is 132 Å². The predicted molar refractivity (Wildman–Crippen MR) is 150 cm³/mol. The molecule has 4 aromatic rings. The van der Waals surface area contributed by atoms with E-state index in [1.54, 1.807) is 24.1 Å². The molecule has 0 saturated heterocycles. The summed E-state index contributed by atoms with van der Waals surface area (Å²) in [6, 6.07) is 2.02. The van der Waals surface area contributed by atoms with E-state index in [0.29, 0.717) is 38.0 Å². The van der Waals surface area contributed by atoms with Gasteiger partial charge in [0.1, 0.15) is 12.7 Å². The van der Waals surface area contributed by atoms with Gasteiger partial charge in [-0.1, -0.05) is 6.92 Å². The van der Waals surface area contributed by atoms with Crippen molar-refractivity contribution in [2.24, 2.45) is 12.0 Å². The first-order chi connectivity index (χ1) is 18.9. The van der Waals surface area contributed by atoms with Crippen LogP contribution in [0.25, 0.3) is 34.3 Å². The Morgan fingerprint density at radius 3 is 2.92 bits per heavy atom. The highest BCUT2D eigenvalue weighted by Crippen LogP contribution is 2.35. The van der Waals surface area contributed by atoms with E-state index < -0.39 is 0 Å². The van der Waals surface area contributed by atoms with Gasteiger partial charge in [0.15, 0.2) is 0 Å². The van der Waals surface area contributed by atoms with Crippen LogP contribution < -0.4 is 9.47 Å². The summed E-state index contributed by atoms with van der Waals surface area (Å²) in [7, 11) is 3.59. The Balaban J connectivity index is 1.69. The van der Waals surface area contributed by atoms with Gasteiger partial charge >= 0.3 is 0 Å². The van der Waals surface area contributed by atoms with Gasteiger partial charge in [0.05, 0.1) is 58.8 Å². The van der Waals surface area contributed by atoms with Gasteiger partial charge in [-0.25, -0.2) is 4.68 Å². The van der Waals surface area contributed by atoms with Crippen LogP contribution in [0, 0.1) is 6.92 Å². The van der Waals surface area contributed by atoms with Crippen LogP contribution in [0.5, 0.6) is 11.8 Å². The fourth-order valence-corrected chi connectivity index (χ4v) is 4.94. The molecule has 4 aromatic heterocycles. The number of aryl methyl sites for hydroxylation is 2. The number of H-pyrrole nitrogens is 1. The van der Waals surface area contributed by atoms with Crippen LogP contribution in [0.3, 0.4) is 0 Å². The molecule has 206 valence electrons. The average molecular weight is 534 g/mol. The van der Waals surface area contributed by atoms with Crippen molar-refractivity contribution >= 4 is 29.3 Å². The lowest BCUT2D eigenvalue weighted by Crippen LogP contribution is -2.34. The van der Waals surface area contributed by atoms with Gasteiger partial charge in [0, 0.05) is 38.8 Å². The predicted octanol–water partition coefficient (Wildman–Crippen LogP) is 2.71. The second kappa shape index (κ2) is 11.4. The normalized spacial score (nSPS) is 17.1. The number of aliphatic imine (C=N–C) groups is 1. The van der Waals surface area contributed by atoms with E-state index in [4.69, 9.17) is 19.6 Å². The number of nitrogens with one attached hydrogen (secondary N) is 1. The molecule has 1 atom stereocenters. The molecule has 1 aliphatic heterocycles. The monoisotopic (exact) mass is 533 g/mol. The van der Waals surface area contributed by atoms with E-state index in [0.717, 1.165) is 51.4 Å². The highest BCUT2D eigenvalue weighted by Gasteiger charge is 2.24. The molecule has 0 aliphatic carbocycles. The number of aliphatic hydroxyl groups excluding tert-OH is 1. The lowest BCUT2D eigenvalue weighted by Gasteiger charge is -2.25. The number of likely N-dealkylation sites (N-methyl/N-ethyl adjacent to an activating group) is 1. The first-order valence-electron chi connectivity index (χ1n) is 13.1. The molecule has 2 N–H and O–H groups in total. The Hall–Kier alpha value is -4.03. The Morgan fingerprint density at radius 2 is 2.15 bits per heavy atom. The Morgan fingerprint density at radius 1 is 1.31 bits per heavy atom. The smallest absolute Gasteiger partial charge is 0.240 e. The number of pyridine rings is 1. The van der Waals surface area contributed by atoms with E-state index in [2.05, 4.69) is 39.0 Å². The molecule has 0 amide bonds. The number of ether oxygens (including phenoxy) is 2. The number of rotatable bonds is 6. The van der Waals surface area contributed by atoms with Gasteiger partial charge in [0.25, 0.3) is 0 Å². The minimum Gasteiger partial charge on any atom is -0.473 e. The maximum Gasteiger partial charge on any atom is 0.240 e. The molecule has 39 heavy (non-hydrogen) atoms. The number of hydrogen-bond acceptors (Lipinski definition) is 9. The lowest BCUT2D eigenvalue weighted by molar-refractivity contribution is 0.133. The summed E-state index contributed by atoms with van der Waals surface area (Å²) in [6.45, 7) is 8.79. The third kappa shape index (κ3) is 5.30.